The highest BCUT2D eigenvalue weighted by atomic mass is 16.6. The highest BCUT2D eigenvalue weighted by molar-refractivity contribution is 5.67. The van der Waals surface area contributed by atoms with Crippen LogP contribution in [0.2, 0.25) is 0 Å². The summed E-state index contributed by atoms with van der Waals surface area (Å²) in [6.45, 7) is 3.93. The molecule has 1 amide bonds. The molecule has 1 heterocycles. The lowest BCUT2D eigenvalue weighted by atomic mass is 10.1. The van der Waals surface area contributed by atoms with Crippen molar-refractivity contribution in [2.24, 2.45) is 0 Å². The van der Waals surface area contributed by atoms with Crippen molar-refractivity contribution in [3.8, 4) is 0 Å². The second kappa shape index (κ2) is 5.68. The molecule has 92 valence electrons. The lowest BCUT2D eigenvalue weighted by Gasteiger charge is -2.32. The van der Waals surface area contributed by atoms with Gasteiger partial charge in [0.1, 0.15) is 6.10 Å². The Kier molecular flexibility index (Phi) is 3.98. The van der Waals surface area contributed by atoms with Crippen molar-refractivity contribution >= 4 is 6.09 Å². The number of ether oxygens (including phenoxy) is 2. The van der Waals surface area contributed by atoms with Gasteiger partial charge in [-0.2, -0.15) is 0 Å². The van der Waals surface area contributed by atoms with E-state index in [0.29, 0.717) is 26.3 Å². The molecule has 1 saturated heterocycles. The molecule has 0 spiro atoms. The number of hydrogen-bond acceptors (Lipinski definition) is 3. The first-order chi connectivity index (χ1) is 8.31. The van der Waals surface area contributed by atoms with E-state index in [1.807, 2.05) is 37.3 Å². The second-order valence-electron chi connectivity index (χ2n) is 3.92. The topological polar surface area (TPSA) is 38.8 Å². The van der Waals surface area contributed by atoms with Gasteiger partial charge in [-0.15, -0.1) is 0 Å². The minimum Gasteiger partial charge on any atom is -0.450 e. The first kappa shape index (κ1) is 11.9. The molecule has 1 atom stereocenters. The van der Waals surface area contributed by atoms with Crippen LogP contribution in [0, 0.1) is 0 Å². The molecule has 1 fully saturated rings. The van der Waals surface area contributed by atoms with E-state index in [1.54, 1.807) is 4.90 Å². The van der Waals surface area contributed by atoms with Crippen molar-refractivity contribution in [3.63, 3.8) is 0 Å². The van der Waals surface area contributed by atoms with Crippen LogP contribution in [0.5, 0.6) is 0 Å². The van der Waals surface area contributed by atoms with Gasteiger partial charge in [-0.05, 0) is 12.5 Å². The number of amides is 1. The molecule has 0 N–H and O–H groups in total. The highest BCUT2D eigenvalue weighted by Gasteiger charge is 2.25. The van der Waals surface area contributed by atoms with E-state index in [1.165, 1.54) is 0 Å². The Labute approximate surface area is 101 Å². The van der Waals surface area contributed by atoms with Gasteiger partial charge < -0.3 is 14.4 Å². The summed E-state index contributed by atoms with van der Waals surface area (Å²) in [5, 5.41) is 0. The highest BCUT2D eigenvalue weighted by Crippen LogP contribution is 2.22. The van der Waals surface area contributed by atoms with E-state index in [4.69, 9.17) is 9.47 Å². The molecule has 0 saturated carbocycles. The molecule has 4 heteroatoms. The zero-order valence-corrected chi connectivity index (χ0v) is 9.96. The van der Waals surface area contributed by atoms with Crippen LogP contribution >= 0.6 is 0 Å². The minimum absolute atomic E-state index is 0.0469. The normalized spacial score (nSPS) is 20.1. The van der Waals surface area contributed by atoms with E-state index in [2.05, 4.69) is 0 Å². The fourth-order valence-electron chi connectivity index (χ4n) is 1.90. The maximum atomic E-state index is 11.6. The minimum atomic E-state index is -0.253. The lowest BCUT2D eigenvalue weighted by molar-refractivity contribution is -0.0279. The van der Waals surface area contributed by atoms with E-state index in [-0.39, 0.29) is 12.2 Å². The summed E-state index contributed by atoms with van der Waals surface area (Å²) < 4.78 is 10.7. The Morgan fingerprint density at radius 1 is 1.47 bits per heavy atom. The molecule has 0 aromatic heterocycles. The maximum Gasteiger partial charge on any atom is 0.409 e. The molecule has 1 aromatic carbocycles. The number of carbonyl (C=O) groups excluding carboxylic acids is 1. The zero-order chi connectivity index (χ0) is 12.1. The molecule has 1 aliphatic heterocycles. The van der Waals surface area contributed by atoms with Gasteiger partial charge >= 0.3 is 6.09 Å². The van der Waals surface area contributed by atoms with Gasteiger partial charge in [0.15, 0.2) is 0 Å². The van der Waals surface area contributed by atoms with E-state index in [0.717, 1.165) is 5.56 Å². The molecular weight excluding hydrogens is 218 g/mol. The van der Waals surface area contributed by atoms with Crippen molar-refractivity contribution < 1.29 is 14.3 Å². The fourth-order valence-corrected chi connectivity index (χ4v) is 1.90. The van der Waals surface area contributed by atoms with Gasteiger partial charge in [0, 0.05) is 6.54 Å². The van der Waals surface area contributed by atoms with Crippen molar-refractivity contribution in [1.29, 1.82) is 0 Å². The van der Waals surface area contributed by atoms with Crippen LogP contribution in [0.15, 0.2) is 30.3 Å². The van der Waals surface area contributed by atoms with Crippen molar-refractivity contribution in [3.05, 3.63) is 35.9 Å². The van der Waals surface area contributed by atoms with Crippen molar-refractivity contribution in [2.45, 2.75) is 13.0 Å². The third kappa shape index (κ3) is 2.97. The van der Waals surface area contributed by atoms with Crippen LogP contribution in [0.4, 0.5) is 4.79 Å². The van der Waals surface area contributed by atoms with Crippen LogP contribution in [0.25, 0.3) is 0 Å². The van der Waals surface area contributed by atoms with Crippen molar-refractivity contribution in [1.82, 2.24) is 4.90 Å². The average molecular weight is 235 g/mol. The first-order valence-corrected chi connectivity index (χ1v) is 5.89. The SMILES string of the molecule is CCOC(=O)N1CCO[C@@H](c2ccccc2)C1. The summed E-state index contributed by atoms with van der Waals surface area (Å²) in [6.07, 6.45) is -0.300. The summed E-state index contributed by atoms with van der Waals surface area (Å²) in [5.41, 5.74) is 1.10. The molecule has 0 radical (unpaired) electrons. The van der Waals surface area contributed by atoms with Crippen LogP contribution in [0.3, 0.4) is 0 Å². The molecule has 0 aliphatic carbocycles. The summed E-state index contributed by atoms with van der Waals surface area (Å²) in [7, 11) is 0. The Hall–Kier alpha value is -1.55. The number of benzene rings is 1. The van der Waals surface area contributed by atoms with Crippen LogP contribution in [0.1, 0.15) is 18.6 Å². The number of rotatable bonds is 2. The molecule has 0 unspecified atom stereocenters. The zero-order valence-electron chi connectivity index (χ0n) is 9.96. The Bertz CT molecular complexity index is 366. The van der Waals surface area contributed by atoms with Gasteiger partial charge in [-0.1, -0.05) is 30.3 Å². The average Bonchev–Trinajstić information content (AvgIpc) is 2.40. The third-order valence-electron chi connectivity index (χ3n) is 2.76. The number of hydrogen-bond donors (Lipinski definition) is 0. The lowest BCUT2D eigenvalue weighted by Crippen LogP contribution is -2.42. The summed E-state index contributed by atoms with van der Waals surface area (Å²) in [6, 6.07) is 9.94. The predicted molar refractivity (Wildman–Crippen MR) is 63.7 cm³/mol. The van der Waals surface area contributed by atoms with Crippen LogP contribution in [-0.4, -0.2) is 37.3 Å². The quantitative estimate of drug-likeness (QED) is 0.789. The largest absolute Gasteiger partial charge is 0.450 e. The maximum absolute atomic E-state index is 11.6. The van der Waals surface area contributed by atoms with E-state index >= 15 is 0 Å². The molecule has 17 heavy (non-hydrogen) atoms. The molecule has 0 bridgehead atoms. The molecule has 1 aromatic rings. The van der Waals surface area contributed by atoms with Gasteiger partial charge in [0.2, 0.25) is 0 Å². The molecule has 1 aliphatic rings. The van der Waals surface area contributed by atoms with Crippen LogP contribution < -0.4 is 0 Å². The van der Waals surface area contributed by atoms with Gasteiger partial charge in [-0.25, -0.2) is 4.79 Å². The Balaban J connectivity index is 2.00. The molecular formula is C13H17NO3. The summed E-state index contributed by atoms with van der Waals surface area (Å²) in [5.74, 6) is 0. The fraction of sp³-hybridized carbons (Fsp3) is 0.462. The predicted octanol–water partition coefficient (Wildman–Crippen LogP) is 2.22. The number of morpholine rings is 1. The third-order valence-corrected chi connectivity index (χ3v) is 2.76. The van der Waals surface area contributed by atoms with Gasteiger partial charge in [0.05, 0.1) is 19.8 Å². The van der Waals surface area contributed by atoms with Gasteiger partial charge in [0.25, 0.3) is 0 Å². The van der Waals surface area contributed by atoms with E-state index < -0.39 is 0 Å². The smallest absolute Gasteiger partial charge is 0.409 e. The first-order valence-electron chi connectivity index (χ1n) is 5.89. The monoisotopic (exact) mass is 235 g/mol. The standard InChI is InChI=1S/C13H17NO3/c1-2-16-13(15)14-8-9-17-12(10-14)11-6-4-3-5-7-11/h3-7,12H,2,8-10H2,1H3/t12-/m1/s1. The van der Waals surface area contributed by atoms with Gasteiger partial charge in [-0.3, -0.25) is 0 Å². The summed E-state index contributed by atoms with van der Waals surface area (Å²) >= 11 is 0. The van der Waals surface area contributed by atoms with Crippen molar-refractivity contribution in [2.75, 3.05) is 26.3 Å². The number of nitrogens with zero attached hydrogens (tertiary/aromatic N) is 1. The van der Waals surface area contributed by atoms with Crippen LogP contribution in [-0.2, 0) is 9.47 Å². The van der Waals surface area contributed by atoms with E-state index in [9.17, 15) is 4.79 Å². The second-order valence-corrected chi connectivity index (χ2v) is 3.92. The Morgan fingerprint density at radius 3 is 2.94 bits per heavy atom. The molecule has 2 rings (SSSR count). The number of carbonyl (C=O) groups is 1. The summed E-state index contributed by atoms with van der Waals surface area (Å²) in [4.78, 5) is 13.3. The Morgan fingerprint density at radius 2 is 2.24 bits per heavy atom. The molecule has 4 nitrogen and oxygen atoms in total.